The Hall–Kier alpha value is -6.04. The van der Waals surface area contributed by atoms with Gasteiger partial charge in [-0.1, -0.05) is 155 Å². The number of nitrogens with zero attached hydrogens (tertiary/aromatic N) is 3. The van der Waals surface area contributed by atoms with E-state index in [-0.39, 0.29) is 33.8 Å². The smallest absolute Gasteiger partial charge is 0.264 e. The monoisotopic (exact) mass is 915 g/mol. The van der Waals surface area contributed by atoms with Crippen molar-refractivity contribution >= 4 is 116 Å². The fourth-order valence-electron chi connectivity index (χ4n) is 13.9. The molecule has 5 heterocycles. The van der Waals surface area contributed by atoms with Gasteiger partial charge in [0.25, 0.3) is 6.71 Å². The van der Waals surface area contributed by atoms with Crippen LogP contribution in [0, 0.1) is 0 Å². The maximum atomic E-state index is 2.79. The van der Waals surface area contributed by atoms with E-state index >= 15 is 0 Å². The van der Waals surface area contributed by atoms with Crippen LogP contribution in [-0.4, -0.2) is 11.1 Å². The Morgan fingerprint density at radius 2 is 1.04 bits per heavy atom. The summed E-state index contributed by atoms with van der Waals surface area (Å²) in [5.41, 5.74) is 22.1. The molecule has 0 fully saturated rings. The van der Waals surface area contributed by atoms with Crippen LogP contribution in [0.15, 0.2) is 127 Å². The molecule has 0 radical (unpaired) electrons. The number of anilines is 6. The highest BCUT2D eigenvalue weighted by Gasteiger charge is 2.50. The van der Waals surface area contributed by atoms with Crippen LogP contribution < -0.4 is 25.5 Å². The topological polar surface area (TPSA) is 10.9 Å². The Morgan fingerprint density at radius 1 is 0.493 bits per heavy atom. The molecule has 0 amide bonds. The Balaban J connectivity index is 1.24. The second-order valence-electron chi connectivity index (χ2n) is 25.0. The van der Waals surface area contributed by atoms with Crippen LogP contribution in [0.3, 0.4) is 0 Å². The molecule has 3 nitrogen and oxygen atoms in total. The highest BCUT2D eigenvalue weighted by atomic mass is 32.1. The van der Waals surface area contributed by atoms with Crippen molar-refractivity contribution in [3.63, 3.8) is 0 Å². The van der Waals surface area contributed by atoms with E-state index in [1.807, 2.05) is 11.3 Å². The number of hydrogen-bond donors (Lipinski definition) is 0. The van der Waals surface area contributed by atoms with Gasteiger partial charge < -0.3 is 14.2 Å². The second kappa shape index (κ2) is 13.4. The summed E-state index contributed by atoms with van der Waals surface area (Å²) in [6.45, 7) is 27.0. The second-order valence-corrected chi connectivity index (χ2v) is 26.1. The quantitative estimate of drug-likeness (QED) is 0.160. The minimum Gasteiger partial charge on any atom is -0.311 e. The molecule has 342 valence electrons. The molecule has 0 atom stereocenters. The minimum absolute atomic E-state index is 0.00126. The lowest BCUT2D eigenvalue weighted by Crippen LogP contribution is -2.61. The molecule has 7 aromatic carbocycles. The van der Waals surface area contributed by atoms with E-state index in [0.29, 0.717) is 0 Å². The normalized spacial score (nSPS) is 18.5. The van der Waals surface area contributed by atoms with E-state index in [2.05, 4.69) is 218 Å². The average molecular weight is 916 g/mol. The van der Waals surface area contributed by atoms with Gasteiger partial charge >= 0.3 is 0 Å². The van der Waals surface area contributed by atoms with E-state index in [9.17, 15) is 0 Å². The van der Waals surface area contributed by atoms with E-state index in [1.165, 1.54) is 152 Å². The molecule has 4 aliphatic rings. The van der Waals surface area contributed by atoms with Gasteiger partial charge in [-0.2, -0.15) is 0 Å². The molecule has 10 aromatic rings. The van der Waals surface area contributed by atoms with Gasteiger partial charge in [0.2, 0.25) is 0 Å². The molecule has 0 N–H and O–H groups in total. The zero-order valence-corrected chi connectivity index (χ0v) is 43.1. The fourth-order valence-corrected chi connectivity index (χ4v) is 15.2. The Labute approximate surface area is 412 Å². The van der Waals surface area contributed by atoms with Gasteiger partial charge in [0.15, 0.2) is 0 Å². The lowest BCUT2D eigenvalue weighted by Gasteiger charge is -2.47. The summed E-state index contributed by atoms with van der Waals surface area (Å²) in [7, 11) is 0. The van der Waals surface area contributed by atoms with Crippen LogP contribution >= 0.6 is 11.3 Å². The van der Waals surface area contributed by atoms with Crippen molar-refractivity contribution in [1.82, 2.24) is 4.40 Å². The molecule has 2 aliphatic carbocycles. The predicted octanol–water partition coefficient (Wildman–Crippen LogP) is 16.1. The van der Waals surface area contributed by atoms with E-state index in [4.69, 9.17) is 0 Å². The first-order valence-corrected chi connectivity index (χ1v) is 26.5. The molecule has 0 saturated heterocycles. The van der Waals surface area contributed by atoms with Gasteiger partial charge in [-0.05, 0) is 140 Å². The van der Waals surface area contributed by atoms with Crippen molar-refractivity contribution in [1.29, 1.82) is 0 Å². The lowest BCUT2D eigenvalue weighted by atomic mass is 9.35. The van der Waals surface area contributed by atoms with E-state index in [0.717, 1.165) is 0 Å². The number of thiophene rings is 1. The average Bonchev–Trinajstić information content (AvgIpc) is 3.99. The Kier molecular flexibility index (Phi) is 8.15. The summed E-state index contributed by atoms with van der Waals surface area (Å²) in [6, 6.07) is 50.3. The zero-order valence-electron chi connectivity index (χ0n) is 42.3. The largest absolute Gasteiger partial charge is 0.311 e. The zero-order chi connectivity index (χ0) is 47.5. The van der Waals surface area contributed by atoms with Crippen molar-refractivity contribution in [3.8, 4) is 0 Å². The van der Waals surface area contributed by atoms with E-state index in [1.54, 1.807) is 0 Å². The molecule has 0 bridgehead atoms. The predicted molar refractivity (Wildman–Crippen MR) is 300 cm³/mol. The number of rotatable bonds is 2. The third-order valence-corrected chi connectivity index (χ3v) is 19.2. The number of benzene rings is 7. The standard InChI is InChI=1S/C64H62BN3S/c1-60(2,3)37-25-27-42-51(33-37)69-59-55(42)67(38-19-13-12-14-20-38)58-53-41-22-16-18-24-49(41)68-48-23-17-15-21-40(48)52(56(53)68)57-54(58)65(59)47-35-45-46(64(10,11)32-31-63(45,8)9)36-50(47)66(57)39-26-28-43-44(34-39)62(6,7)30-29-61(43,4)5/h12-28,33-36H,29-32H2,1-11H3. The highest BCUT2D eigenvalue weighted by Crippen LogP contribution is 2.58. The molecular formula is C64H62BN3S. The molecule has 69 heavy (non-hydrogen) atoms. The van der Waals surface area contributed by atoms with Gasteiger partial charge in [0, 0.05) is 53.5 Å². The SMILES string of the molecule is CC(C)(C)c1ccc2c3c(sc2c1)B1c2cc4c(cc2N(c2ccc5c(c2)C(C)(C)CCC5(C)C)c2c1c(c1c5ccccc5n5c6ccccc6c2c15)N3c1ccccc1)C(C)(C)CCC4(C)C. The van der Waals surface area contributed by atoms with Crippen molar-refractivity contribution in [3.05, 3.63) is 155 Å². The molecule has 0 spiro atoms. The van der Waals surface area contributed by atoms with Gasteiger partial charge in [0.1, 0.15) is 0 Å². The van der Waals surface area contributed by atoms with Crippen LogP contribution in [0.4, 0.5) is 34.1 Å². The molecule has 5 heteroatoms. The van der Waals surface area contributed by atoms with Crippen molar-refractivity contribution < 1.29 is 0 Å². The minimum atomic E-state index is 0.00126. The number of aromatic nitrogens is 1. The summed E-state index contributed by atoms with van der Waals surface area (Å²) < 4.78 is 5.42. The summed E-state index contributed by atoms with van der Waals surface area (Å²) in [5.74, 6) is 0. The summed E-state index contributed by atoms with van der Waals surface area (Å²) in [5, 5.41) is 6.66. The third kappa shape index (κ3) is 5.46. The van der Waals surface area contributed by atoms with Gasteiger partial charge in [0.05, 0.1) is 33.6 Å². The molecule has 3 aromatic heterocycles. The molecule has 14 rings (SSSR count). The first-order chi connectivity index (χ1) is 32.9. The van der Waals surface area contributed by atoms with E-state index < -0.39 is 0 Å². The number of fused-ring (bicyclic) bond motifs is 16. The van der Waals surface area contributed by atoms with Crippen molar-refractivity contribution in [2.24, 2.45) is 0 Å². The third-order valence-electron chi connectivity index (χ3n) is 17.9. The van der Waals surface area contributed by atoms with Crippen LogP contribution in [0.2, 0.25) is 0 Å². The van der Waals surface area contributed by atoms with Crippen LogP contribution in [0.5, 0.6) is 0 Å². The van der Waals surface area contributed by atoms with Crippen LogP contribution in [-0.2, 0) is 27.1 Å². The van der Waals surface area contributed by atoms with Crippen LogP contribution in [0.1, 0.15) is 130 Å². The van der Waals surface area contributed by atoms with Crippen molar-refractivity contribution in [2.45, 2.75) is 129 Å². The first kappa shape index (κ1) is 41.9. The summed E-state index contributed by atoms with van der Waals surface area (Å²) >= 11 is 2.04. The summed E-state index contributed by atoms with van der Waals surface area (Å²) in [4.78, 5) is 5.50. The lowest BCUT2D eigenvalue weighted by molar-refractivity contribution is 0.332. The summed E-state index contributed by atoms with van der Waals surface area (Å²) in [6.07, 6.45) is 4.70. The Bertz CT molecular complexity index is 3850. The molecule has 0 saturated carbocycles. The molecular weight excluding hydrogens is 854 g/mol. The number of para-hydroxylation sites is 3. The van der Waals surface area contributed by atoms with Gasteiger partial charge in [-0.25, -0.2) is 0 Å². The first-order valence-electron chi connectivity index (χ1n) is 25.6. The molecule has 0 unspecified atom stereocenters. The fraction of sp³-hybridized carbons (Fsp3) is 0.312. The van der Waals surface area contributed by atoms with Crippen molar-refractivity contribution in [2.75, 3.05) is 9.80 Å². The molecule has 2 aliphatic heterocycles. The van der Waals surface area contributed by atoms with Crippen LogP contribution in [0.25, 0.3) is 48.2 Å². The highest BCUT2D eigenvalue weighted by molar-refractivity contribution is 7.33. The maximum absolute atomic E-state index is 2.79. The van der Waals surface area contributed by atoms with Gasteiger partial charge in [-0.3, -0.25) is 0 Å². The maximum Gasteiger partial charge on any atom is 0.264 e. The number of hydrogen-bond acceptors (Lipinski definition) is 3. The Morgan fingerprint density at radius 3 is 1.67 bits per heavy atom. The van der Waals surface area contributed by atoms with Gasteiger partial charge in [-0.15, -0.1) is 11.3 Å².